The molecular formula is C11H18N. The van der Waals surface area contributed by atoms with Crippen LogP contribution in [0.1, 0.15) is 25.7 Å². The Morgan fingerprint density at radius 2 is 2.00 bits per heavy atom. The van der Waals surface area contributed by atoms with Crippen LogP contribution in [0.5, 0.6) is 0 Å². The molecule has 0 atom stereocenters. The second-order valence-corrected chi connectivity index (χ2v) is 3.70. The molecule has 0 aliphatic heterocycles. The second kappa shape index (κ2) is 5.22. The van der Waals surface area contributed by atoms with Gasteiger partial charge in [-0.05, 0) is 46.2 Å². The Morgan fingerprint density at radius 1 is 1.33 bits per heavy atom. The van der Waals surface area contributed by atoms with Crippen molar-refractivity contribution in [2.75, 3.05) is 20.6 Å². The van der Waals surface area contributed by atoms with Crippen LogP contribution in [0, 0.1) is 24.2 Å². The van der Waals surface area contributed by atoms with Crippen LogP contribution < -0.4 is 0 Å². The van der Waals surface area contributed by atoms with Gasteiger partial charge in [-0.15, -0.1) is 0 Å². The second-order valence-electron chi connectivity index (χ2n) is 3.70. The molecule has 0 saturated heterocycles. The van der Waals surface area contributed by atoms with E-state index in [4.69, 9.17) is 0 Å². The molecule has 1 aliphatic carbocycles. The van der Waals surface area contributed by atoms with Crippen LogP contribution in [-0.4, -0.2) is 25.5 Å². The van der Waals surface area contributed by atoms with Gasteiger partial charge in [0.15, 0.2) is 0 Å². The van der Waals surface area contributed by atoms with Crippen molar-refractivity contribution in [2.45, 2.75) is 25.7 Å². The fourth-order valence-corrected chi connectivity index (χ4v) is 1.42. The third-order valence-electron chi connectivity index (χ3n) is 2.14. The van der Waals surface area contributed by atoms with Crippen LogP contribution in [0.15, 0.2) is 0 Å². The van der Waals surface area contributed by atoms with E-state index in [2.05, 4.69) is 37.3 Å². The lowest BCUT2D eigenvalue weighted by atomic mass is 9.90. The van der Waals surface area contributed by atoms with E-state index in [1.165, 1.54) is 25.7 Å². The van der Waals surface area contributed by atoms with Crippen molar-refractivity contribution < 1.29 is 0 Å². The van der Waals surface area contributed by atoms with Crippen molar-refractivity contribution >= 4 is 0 Å². The predicted molar refractivity (Wildman–Crippen MR) is 52.6 cm³/mol. The number of rotatable bonds is 1. The highest BCUT2D eigenvalue weighted by Crippen LogP contribution is 2.21. The maximum absolute atomic E-state index is 3.34. The molecule has 1 radical (unpaired) electrons. The van der Waals surface area contributed by atoms with E-state index >= 15 is 0 Å². The molecule has 0 spiro atoms. The van der Waals surface area contributed by atoms with Gasteiger partial charge in [0.2, 0.25) is 0 Å². The topological polar surface area (TPSA) is 3.24 Å². The SMILES string of the molecule is CN(C)CC#CC1CC[CH]CC1. The monoisotopic (exact) mass is 164 g/mol. The van der Waals surface area contributed by atoms with Crippen molar-refractivity contribution in [1.82, 2.24) is 4.90 Å². The molecule has 0 aromatic rings. The van der Waals surface area contributed by atoms with E-state index in [-0.39, 0.29) is 0 Å². The van der Waals surface area contributed by atoms with Crippen molar-refractivity contribution in [2.24, 2.45) is 5.92 Å². The van der Waals surface area contributed by atoms with Gasteiger partial charge < -0.3 is 0 Å². The first-order chi connectivity index (χ1) is 5.79. The largest absolute Gasteiger partial charge is 0.299 e. The Bertz CT molecular complexity index is 167. The Hall–Kier alpha value is -0.480. The first-order valence-corrected chi connectivity index (χ1v) is 4.74. The van der Waals surface area contributed by atoms with Gasteiger partial charge >= 0.3 is 0 Å². The summed E-state index contributed by atoms with van der Waals surface area (Å²) in [5.41, 5.74) is 0. The van der Waals surface area contributed by atoms with Gasteiger partial charge in [0.05, 0.1) is 6.54 Å². The summed E-state index contributed by atoms with van der Waals surface area (Å²) in [7, 11) is 4.12. The standard InChI is InChI=1S/C11H18N/c1-12(2)10-6-9-11-7-4-3-5-8-11/h3,11H,4-5,7-8,10H2,1-2H3. The summed E-state index contributed by atoms with van der Waals surface area (Å²) in [6.07, 6.45) is 7.47. The van der Waals surface area contributed by atoms with E-state index in [0.29, 0.717) is 5.92 Å². The molecule has 1 saturated carbocycles. The summed E-state index contributed by atoms with van der Waals surface area (Å²) in [6.45, 7) is 0.903. The van der Waals surface area contributed by atoms with E-state index in [1.807, 2.05) is 0 Å². The minimum Gasteiger partial charge on any atom is -0.299 e. The van der Waals surface area contributed by atoms with Gasteiger partial charge in [0, 0.05) is 5.92 Å². The highest BCUT2D eigenvalue weighted by Gasteiger charge is 2.09. The number of nitrogens with zero attached hydrogens (tertiary/aromatic N) is 1. The fraction of sp³-hybridized carbons (Fsp3) is 0.727. The number of hydrogen-bond donors (Lipinski definition) is 0. The van der Waals surface area contributed by atoms with Gasteiger partial charge in [0.1, 0.15) is 0 Å². The lowest BCUT2D eigenvalue weighted by molar-refractivity contribution is 0.461. The molecule has 0 bridgehead atoms. The molecule has 1 heteroatoms. The molecular weight excluding hydrogens is 146 g/mol. The summed E-state index contributed by atoms with van der Waals surface area (Å²) in [4.78, 5) is 2.11. The minimum atomic E-state index is 0.676. The summed E-state index contributed by atoms with van der Waals surface area (Å²) in [6, 6.07) is 0. The van der Waals surface area contributed by atoms with Gasteiger partial charge in [-0.2, -0.15) is 0 Å². The zero-order chi connectivity index (χ0) is 8.81. The van der Waals surface area contributed by atoms with Crippen LogP contribution >= 0.6 is 0 Å². The van der Waals surface area contributed by atoms with Crippen molar-refractivity contribution in [3.63, 3.8) is 0 Å². The normalized spacial score (nSPS) is 18.9. The van der Waals surface area contributed by atoms with Crippen LogP contribution in [0.3, 0.4) is 0 Å². The molecule has 1 aliphatic rings. The van der Waals surface area contributed by atoms with Gasteiger partial charge in [-0.25, -0.2) is 0 Å². The van der Waals surface area contributed by atoms with E-state index in [1.54, 1.807) is 0 Å². The molecule has 1 fully saturated rings. The molecule has 67 valence electrons. The molecule has 0 amide bonds. The lowest BCUT2D eigenvalue weighted by Gasteiger charge is -2.15. The maximum Gasteiger partial charge on any atom is 0.0596 e. The average Bonchev–Trinajstić information content (AvgIpc) is 2.05. The van der Waals surface area contributed by atoms with Crippen LogP contribution in [0.25, 0.3) is 0 Å². The zero-order valence-corrected chi connectivity index (χ0v) is 8.14. The lowest BCUT2D eigenvalue weighted by Crippen LogP contribution is -2.11. The maximum atomic E-state index is 3.34. The van der Waals surface area contributed by atoms with Crippen LogP contribution in [-0.2, 0) is 0 Å². The zero-order valence-electron chi connectivity index (χ0n) is 8.14. The van der Waals surface area contributed by atoms with Crippen molar-refractivity contribution in [3.8, 4) is 11.8 Å². The minimum absolute atomic E-state index is 0.676. The molecule has 1 nitrogen and oxygen atoms in total. The molecule has 0 aromatic heterocycles. The van der Waals surface area contributed by atoms with Gasteiger partial charge in [0.25, 0.3) is 0 Å². The fourth-order valence-electron chi connectivity index (χ4n) is 1.42. The third kappa shape index (κ3) is 3.78. The van der Waals surface area contributed by atoms with E-state index in [0.717, 1.165) is 6.54 Å². The van der Waals surface area contributed by atoms with Crippen molar-refractivity contribution in [3.05, 3.63) is 6.42 Å². The van der Waals surface area contributed by atoms with Crippen molar-refractivity contribution in [1.29, 1.82) is 0 Å². The first kappa shape index (κ1) is 9.61. The van der Waals surface area contributed by atoms with E-state index < -0.39 is 0 Å². The molecule has 0 aromatic carbocycles. The quantitative estimate of drug-likeness (QED) is 0.535. The highest BCUT2D eigenvalue weighted by molar-refractivity contribution is 5.06. The predicted octanol–water partition coefficient (Wildman–Crippen LogP) is 1.95. The summed E-state index contributed by atoms with van der Waals surface area (Å²) >= 11 is 0. The number of hydrogen-bond acceptors (Lipinski definition) is 1. The first-order valence-electron chi connectivity index (χ1n) is 4.74. The summed E-state index contributed by atoms with van der Waals surface area (Å²) < 4.78 is 0. The van der Waals surface area contributed by atoms with Gasteiger partial charge in [-0.3, -0.25) is 4.90 Å². The Kier molecular flexibility index (Phi) is 4.18. The van der Waals surface area contributed by atoms with Crippen LogP contribution in [0.2, 0.25) is 0 Å². The Balaban J connectivity index is 2.21. The molecule has 1 rings (SSSR count). The molecule has 0 heterocycles. The molecule has 12 heavy (non-hydrogen) atoms. The molecule has 0 N–H and O–H groups in total. The smallest absolute Gasteiger partial charge is 0.0596 e. The van der Waals surface area contributed by atoms with E-state index in [9.17, 15) is 0 Å². The summed E-state index contributed by atoms with van der Waals surface area (Å²) in [5, 5.41) is 0. The Morgan fingerprint density at radius 3 is 2.58 bits per heavy atom. The molecule has 0 unspecified atom stereocenters. The Labute approximate surface area is 76.1 Å². The van der Waals surface area contributed by atoms with Gasteiger partial charge in [-0.1, -0.05) is 11.8 Å². The highest BCUT2D eigenvalue weighted by atomic mass is 15.0. The summed E-state index contributed by atoms with van der Waals surface area (Å²) in [5.74, 6) is 7.23. The van der Waals surface area contributed by atoms with Crippen LogP contribution in [0.4, 0.5) is 0 Å². The average molecular weight is 164 g/mol. The third-order valence-corrected chi connectivity index (χ3v) is 2.14.